The number of aryl methyl sites for hydroxylation is 2. The number of carbonyl (C=O) groups is 1. The van der Waals surface area contributed by atoms with E-state index in [9.17, 15) is 13.2 Å². The van der Waals surface area contributed by atoms with Gasteiger partial charge in [0, 0.05) is 11.4 Å². The van der Waals surface area contributed by atoms with Crippen LogP contribution in [0.2, 0.25) is 0 Å². The van der Waals surface area contributed by atoms with Gasteiger partial charge < -0.3 is 14.8 Å². The highest BCUT2D eigenvalue weighted by atomic mass is 32.2. The van der Waals surface area contributed by atoms with Crippen LogP contribution >= 0.6 is 0 Å². The standard InChI is InChI=1S/C24H26N2O5S/c1-4-30-21-11-7-20(8-12-21)26-32(28,29)22-13-9-19(10-14-22)25-24(27)16-31-23-15-17(2)5-6-18(23)3/h5-15,26H,4,16H2,1-3H3,(H,25,27). The van der Waals surface area contributed by atoms with E-state index < -0.39 is 10.0 Å². The molecule has 2 N–H and O–H groups in total. The molecule has 1 amide bonds. The molecule has 0 aliphatic rings. The average molecular weight is 455 g/mol. The third-order valence-electron chi connectivity index (χ3n) is 4.57. The lowest BCUT2D eigenvalue weighted by atomic mass is 10.1. The SMILES string of the molecule is CCOc1ccc(NS(=O)(=O)c2ccc(NC(=O)COc3cc(C)ccc3C)cc2)cc1. The highest BCUT2D eigenvalue weighted by molar-refractivity contribution is 7.92. The summed E-state index contributed by atoms with van der Waals surface area (Å²) >= 11 is 0. The van der Waals surface area contributed by atoms with Crippen LogP contribution in [0.1, 0.15) is 18.1 Å². The molecule has 0 saturated heterocycles. The van der Waals surface area contributed by atoms with Gasteiger partial charge in [0.15, 0.2) is 6.61 Å². The van der Waals surface area contributed by atoms with Crippen LogP contribution in [0.15, 0.2) is 71.6 Å². The van der Waals surface area contributed by atoms with Crippen LogP contribution in [0.3, 0.4) is 0 Å². The van der Waals surface area contributed by atoms with Crippen LogP contribution in [-0.2, 0) is 14.8 Å². The number of amides is 1. The van der Waals surface area contributed by atoms with E-state index in [4.69, 9.17) is 9.47 Å². The summed E-state index contributed by atoms with van der Waals surface area (Å²) in [7, 11) is -3.77. The molecule has 8 heteroatoms. The van der Waals surface area contributed by atoms with Gasteiger partial charge in [-0.25, -0.2) is 8.42 Å². The zero-order chi connectivity index (χ0) is 23.1. The number of nitrogens with one attached hydrogen (secondary N) is 2. The number of rotatable bonds is 9. The minimum absolute atomic E-state index is 0.0796. The summed E-state index contributed by atoms with van der Waals surface area (Å²) in [5.41, 5.74) is 2.88. The van der Waals surface area contributed by atoms with E-state index in [1.807, 2.05) is 39.0 Å². The van der Waals surface area contributed by atoms with Gasteiger partial charge in [0.2, 0.25) is 0 Å². The Labute approximate surface area is 188 Å². The molecule has 0 aliphatic carbocycles. The summed E-state index contributed by atoms with van der Waals surface area (Å²) in [6, 6.07) is 18.4. The Hall–Kier alpha value is -3.52. The van der Waals surface area contributed by atoms with E-state index in [2.05, 4.69) is 10.0 Å². The first-order valence-electron chi connectivity index (χ1n) is 10.1. The van der Waals surface area contributed by atoms with E-state index in [0.29, 0.717) is 29.5 Å². The average Bonchev–Trinajstić information content (AvgIpc) is 2.76. The van der Waals surface area contributed by atoms with E-state index in [1.165, 1.54) is 24.3 Å². The fourth-order valence-corrected chi connectivity index (χ4v) is 3.98. The molecule has 0 unspecified atom stereocenters. The number of sulfonamides is 1. The third-order valence-corrected chi connectivity index (χ3v) is 5.97. The maximum atomic E-state index is 12.6. The molecule has 0 bridgehead atoms. The molecule has 0 saturated carbocycles. The van der Waals surface area contributed by atoms with Crippen LogP contribution in [0.5, 0.6) is 11.5 Å². The predicted octanol–water partition coefficient (Wildman–Crippen LogP) is 4.52. The second kappa shape index (κ2) is 10.2. The van der Waals surface area contributed by atoms with Crippen LogP contribution < -0.4 is 19.5 Å². The minimum Gasteiger partial charge on any atom is -0.494 e. The molecule has 0 spiro atoms. The quantitative estimate of drug-likeness (QED) is 0.496. The summed E-state index contributed by atoms with van der Waals surface area (Å²) in [4.78, 5) is 12.3. The van der Waals surface area contributed by atoms with Crippen molar-refractivity contribution in [3.8, 4) is 11.5 Å². The molecule has 0 fully saturated rings. The first kappa shape index (κ1) is 23.1. The van der Waals surface area contributed by atoms with Crippen molar-refractivity contribution in [3.63, 3.8) is 0 Å². The van der Waals surface area contributed by atoms with Crippen molar-refractivity contribution in [2.45, 2.75) is 25.7 Å². The van der Waals surface area contributed by atoms with E-state index in [0.717, 1.165) is 11.1 Å². The van der Waals surface area contributed by atoms with E-state index in [1.54, 1.807) is 24.3 Å². The van der Waals surface area contributed by atoms with Gasteiger partial charge >= 0.3 is 0 Å². The fourth-order valence-electron chi connectivity index (χ4n) is 2.92. The number of benzene rings is 3. The lowest BCUT2D eigenvalue weighted by Crippen LogP contribution is -2.20. The van der Waals surface area contributed by atoms with Gasteiger partial charge in [0.1, 0.15) is 11.5 Å². The normalized spacial score (nSPS) is 11.0. The lowest BCUT2D eigenvalue weighted by Gasteiger charge is -2.11. The molecular weight excluding hydrogens is 428 g/mol. The summed E-state index contributed by atoms with van der Waals surface area (Å²) in [6.45, 7) is 6.12. The second-order valence-electron chi connectivity index (χ2n) is 7.19. The monoisotopic (exact) mass is 454 g/mol. The Morgan fingerprint density at radius 3 is 2.19 bits per heavy atom. The number of ether oxygens (including phenoxy) is 2. The summed E-state index contributed by atoms with van der Waals surface area (Å²) in [6.07, 6.45) is 0. The van der Waals surface area contributed by atoms with Gasteiger partial charge in [-0.1, -0.05) is 12.1 Å². The smallest absolute Gasteiger partial charge is 0.262 e. The van der Waals surface area contributed by atoms with Crippen molar-refractivity contribution < 1.29 is 22.7 Å². The van der Waals surface area contributed by atoms with Gasteiger partial charge in [-0.05, 0) is 86.5 Å². The Balaban J connectivity index is 1.58. The van der Waals surface area contributed by atoms with Crippen LogP contribution in [0.4, 0.5) is 11.4 Å². The Bertz CT molecular complexity index is 1170. The molecule has 3 aromatic rings. The van der Waals surface area contributed by atoms with E-state index in [-0.39, 0.29) is 17.4 Å². The van der Waals surface area contributed by atoms with Crippen LogP contribution in [0, 0.1) is 13.8 Å². The highest BCUT2D eigenvalue weighted by Crippen LogP contribution is 2.21. The minimum atomic E-state index is -3.77. The second-order valence-corrected chi connectivity index (χ2v) is 8.88. The molecule has 3 aromatic carbocycles. The number of hydrogen-bond acceptors (Lipinski definition) is 5. The topological polar surface area (TPSA) is 93.7 Å². The lowest BCUT2D eigenvalue weighted by molar-refractivity contribution is -0.118. The van der Waals surface area contributed by atoms with Gasteiger partial charge in [0.25, 0.3) is 15.9 Å². The van der Waals surface area contributed by atoms with Crippen LogP contribution in [0.25, 0.3) is 0 Å². The first-order valence-corrected chi connectivity index (χ1v) is 11.6. The van der Waals surface area contributed by atoms with Crippen molar-refractivity contribution in [1.82, 2.24) is 0 Å². The summed E-state index contributed by atoms with van der Waals surface area (Å²) in [5, 5.41) is 2.70. The molecule has 3 rings (SSSR count). The van der Waals surface area contributed by atoms with Gasteiger partial charge in [-0.15, -0.1) is 0 Å². The molecule has 0 atom stereocenters. The first-order chi connectivity index (χ1) is 15.3. The maximum Gasteiger partial charge on any atom is 0.262 e. The Kier molecular flexibility index (Phi) is 7.37. The van der Waals surface area contributed by atoms with Crippen LogP contribution in [-0.4, -0.2) is 27.5 Å². The van der Waals surface area contributed by atoms with Gasteiger partial charge in [-0.3, -0.25) is 9.52 Å². The molecule has 0 aliphatic heterocycles. The van der Waals surface area contributed by atoms with Crippen molar-refractivity contribution in [3.05, 3.63) is 77.9 Å². The van der Waals surface area contributed by atoms with Crippen molar-refractivity contribution >= 4 is 27.3 Å². The fraction of sp³-hybridized carbons (Fsp3) is 0.208. The maximum absolute atomic E-state index is 12.6. The van der Waals surface area contributed by atoms with Gasteiger partial charge in [0.05, 0.1) is 11.5 Å². The molecule has 32 heavy (non-hydrogen) atoms. The molecule has 0 radical (unpaired) electrons. The van der Waals surface area contributed by atoms with E-state index >= 15 is 0 Å². The zero-order valence-electron chi connectivity index (χ0n) is 18.2. The highest BCUT2D eigenvalue weighted by Gasteiger charge is 2.15. The Morgan fingerprint density at radius 1 is 0.875 bits per heavy atom. The Morgan fingerprint density at radius 2 is 1.53 bits per heavy atom. The number of carbonyl (C=O) groups excluding carboxylic acids is 1. The molecule has 168 valence electrons. The predicted molar refractivity (Wildman–Crippen MR) is 125 cm³/mol. The van der Waals surface area contributed by atoms with Crippen molar-refractivity contribution in [2.75, 3.05) is 23.3 Å². The molecule has 0 aromatic heterocycles. The third kappa shape index (κ3) is 6.24. The molecule has 7 nitrogen and oxygen atoms in total. The number of anilines is 2. The molecular formula is C24H26N2O5S. The largest absolute Gasteiger partial charge is 0.494 e. The van der Waals surface area contributed by atoms with Crippen molar-refractivity contribution in [1.29, 1.82) is 0 Å². The summed E-state index contributed by atoms with van der Waals surface area (Å²) in [5.74, 6) is 0.980. The molecule has 0 heterocycles. The zero-order valence-corrected chi connectivity index (χ0v) is 19.0. The summed E-state index contributed by atoms with van der Waals surface area (Å²) < 4.78 is 38.7. The number of hydrogen-bond donors (Lipinski definition) is 2. The van der Waals surface area contributed by atoms with Gasteiger partial charge in [-0.2, -0.15) is 0 Å². The van der Waals surface area contributed by atoms with Crippen molar-refractivity contribution in [2.24, 2.45) is 0 Å².